The van der Waals surface area contributed by atoms with E-state index in [1.54, 1.807) is 42.5 Å². The third kappa shape index (κ3) is 6.42. The van der Waals surface area contributed by atoms with E-state index < -0.39 is 5.97 Å². The molecular formula is C34H28N2O4. The summed E-state index contributed by atoms with van der Waals surface area (Å²) in [5.74, 6) is 0.164. The minimum atomic E-state index is -0.470. The Labute approximate surface area is 232 Å². The predicted octanol–water partition coefficient (Wildman–Crippen LogP) is 7.02. The number of hydrazone groups is 1. The van der Waals surface area contributed by atoms with Gasteiger partial charge in [-0.15, -0.1) is 0 Å². The highest BCUT2D eigenvalue weighted by molar-refractivity contribution is 6.04. The summed E-state index contributed by atoms with van der Waals surface area (Å²) in [6.45, 7) is 4.40. The van der Waals surface area contributed by atoms with Crippen molar-refractivity contribution in [3.63, 3.8) is 0 Å². The number of rotatable bonds is 8. The number of benzene rings is 5. The molecule has 0 saturated heterocycles. The number of amides is 1. The molecule has 0 atom stereocenters. The maximum atomic E-state index is 12.8. The lowest BCUT2D eigenvalue weighted by atomic mass is 10.0. The number of esters is 1. The van der Waals surface area contributed by atoms with Gasteiger partial charge in [0.15, 0.2) is 0 Å². The van der Waals surface area contributed by atoms with Gasteiger partial charge in [0.2, 0.25) is 0 Å². The molecule has 0 bridgehead atoms. The van der Waals surface area contributed by atoms with Crippen molar-refractivity contribution >= 4 is 28.9 Å². The average molecular weight is 529 g/mol. The second kappa shape index (κ2) is 12.1. The van der Waals surface area contributed by atoms with Gasteiger partial charge >= 0.3 is 5.97 Å². The Morgan fingerprint density at radius 2 is 1.55 bits per heavy atom. The highest BCUT2D eigenvalue weighted by atomic mass is 16.5. The van der Waals surface area contributed by atoms with Gasteiger partial charge in [0.1, 0.15) is 18.1 Å². The van der Waals surface area contributed by atoms with Crippen LogP contribution in [0.15, 0.2) is 114 Å². The van der Waals surface area contributed by atoms with Crippen LogP contribution >= 0.6 is 0 Å². The number of ether oxygens (including phenoxy) is 2. The van der Waals surface area contributed by atoms with Gasteiger partial charge in [-0.25, -0.2) is 10.2 Å². The van der Waals surface area contributed by atoms with Gasteiger partial charge < -0.3 is 9.47 Å². The monoisotopic (exact) mass is 528 g/mol. The maximum absolute atomic E-state index is 12.8. The van der Waals surface area contributed by atoms with Crippen LogP contribution < -0.4 is 14.9 Å². The lowest BCUT2D eigenvalue weighted by molar-refractivity contribution is 0.0734. The topological polar surface area (TPSA) is 77.0 Å². The van der Waals surface area contributed by atoms with Crippen LogP contribution in [0.1, 0.15) is 43.0 Å². The molecule has 5 aromatic rings. The minimum Gasteiger partial charge on any atom is -0.489 e. The highest BCUT2D eigenvalue weighted by Gasteiger charge is 2.14. The Balaban J connectivity index is 1.28. The fraction of sp³-hybridized carbons (Fsp3) is 0.0882. The van der Waals surface area contributed by atoms with Crippen molar-refractivity contribution in [1.29, 1.82) is 0 Å². The zero-order chi connectivity index (χ0) is 27.9. The molecular weight excluding hydrogens is 500 g/mol. The van der Waals surface area contributed by atoms with Crippen molar-refractivity contribution in [3.8, 4) is 11.5 Å². The first-order chi connectivity index (χ1) is 19.5. The number of nitrogens with zero attached hydrogens (tertiary/aromatic N) is 1. The molecule has 198 valence electrons. The van der Waals surface area contributed by atoms with Gasteiger partial charge in [-0.3, -0.25) is 4.79 Å². The predicted molar refractivity (Wildman–Crippen MR) is 157 cm³/mol. The first kappa shape index (κ1) is 26.4. The summed E-state index contributed by atoms with van der Waals surface area (Å²) in [6.07, 6.45) is 1.50. The van der Waals surface area contributed by atoms with Gasteiger partial charge in [-0.2, -0.15) is 5.10 Å². The van der Waals surface area contributed by atoms with E-state index in [2.05, 4.69) is 10.5 Å². The lowest BCUT2D eigenvalue weighted by Gasteiger charge is -2.11. The molecule has 0 spiro atoms. The Morgan fingerprint density at radius 1 is 0.775 bits per heavy atom. The van der Waals surface area contributed by atoms with E-state index in [0.29, 0.717) is 34.8 Å². The van der Waals surface area contributed by atoms with Gasteiger partial charge in [-0.05, 0) is 72.6 Å². The molecule has 5 rings (SSSR count). The van der Waals surface area contributed by atoms with E-state index in [0.717, 1.165) is 21.9 Å². The van der Waals surface area contributed by atoms with Crippen molar-refractivity contribution in [2.75, 3.05) is 0 Å². The van der Waals surface area contributed by atoms with Crippen LogP contribution in [0.25, 0.3) is 10.8 Å². The fourth-order valence-electron chi connectivity index (χ4n) is 4.20. The van der Waals surface area contributed by atoms with Gasteiger partial charge in [0, 0.05) is 11.1 Å². The molecule has 0 unspecified atom stereocenters. The summed E-state index contributed by atoms with van der Waals surface area (Å²) >= 11 is 0. The van der Waals surface area contributed by atoms with Gasteiger partial charge in [0.05, 0.1) is 11.8 Å². The molecule has 5 aromatic carbocycles. The Bertz CT molecular complexity index is 1690. The van der Waals surface area contributed by atoms with Crippen LogP contribution in [0.4, 0.5) is 0 Å². The summed E-state index contributed by atoms with van der Waals surface area (Å²) in [6, 6.07) is 33.5. The van der Waals surface area contributed by atoms with Crippen LogP contribution in [0.5, 0.6) is 11.5 Å². The summed E-state index contributed by atoms with van der Waals surface area (Å²) in [5, 5.41) is 5.97. The summed E-state index contributed by atoms with van der Waals surface area (Å²) in [4.78, 5) is 25.6. The number of aryl methyl sites for hydroxylation is 2. The molecule has 1 amide bonds. The third-order valence-corrected chi connectivity index (χ3v) is 6.39. The van der Waals surface area contributed by atoms with Crippen molar-refractivity contribution in [1.82, 2.24) is 5.43 Å². The van der Waals surface area contributed by atoms with E-state index in [4.69, 9.17) is 9.47 Å². The summed E-state index contributed by atoms with van der Waals surface area (Å²) < 4.78 is 11.6. The van der Waals surface area contributed by atoms with Crippen LogP contribution in [-0.2, 0) is 6.61 Å². The van der Waals surface area contributed by atoms with Crippen molar-refractivity contribution in [3.05, 3.63) is 143 Å². The normalized spacial score (nSPS) is 10.9. The fourth-order valence-corrected chi connectivity index (χ4v) is 4.20. The van der Waals surface area contributed by atoms with Crippen LogP contribution in [0.3, 0.4) is 0 Å². The molecule has 0 radical (unpaired) electrons. The van der Waals surface area contributed by atoms with Crippen LogP contribution in [0, 0.1) is 13.8 Å². The first-order valence-corrected chi connectivity index (χ1v) is 12.9. The highest BCUT2D eigenvalue weighted by Crippen LogP contribution is 2.27. The molecule has 0 fully saturated rings. The smallest absolute Gasteiger partial charge is 0.343 e. The van der Waals surface area contributed by atoms with E-state index in [-0.39, 0.29) is 5.91 Å². The van der Waals surface area contributed by atoms with E-state index >= 15 is 0 Å². The van der Waals surface area contributed by atoms with Crippen LogP contribution in [0.2, 0.25) is 0 Å². The van der Waals surface area contributed by atoms with Crippen LogP contribution in [-0.4, -0.2) is 18.1 Å². The number of hydrogen-bond donors (Lipinski definition) is 1. The standard InChI is InChI=1S/C34H28N2O4/c1-23-10-12-25(13-11-23)22-39-29-17-14-27(15-18-29)33(37)36-35-21-31-30-9-4-3-7-26(30)16-19-32(31)40-34(38)28-8-5-6-24(2)20-28/h3-21H,22H2,1-2H3,(H,36,37)/b35-21-. The molecule has 0 heterocycles. The van der Waals surface area contributed by atoms with E-state index in [1.807, 2.05) is 80.6 Å². The molecule has 0 aliphatic heterocycles. The molecule has 6 heteroatoms. The van der Waals surface area contributed by atoms with E-state index in [1.165, 1.54) is 11.8 Å². The van der Waals surface area contributed by atoms with Crippen molar-refractivity contribution in [2.24, 2.45) is 5.10 Å². The maximum Gasteiger partial charge on any atom is 0.343 e. The SMILES string of the molecule is Cc1ccc(COc2ccc(C(=O)N/N=C\c3c(OC(=O)c4cccc(C)c4)ccc4ccccc34)cc2)cc1. The van der Waals surface area contributed by atoms with E-state index in [9.17, 15) is 9.59 Å². The third-order valence-electron chi connectivity index (χ3n) is 6.39. The quantitative estimate of drug-likeness (QED) is 0.102. The molecule has 1 N–H and O–H groups in total. The second-order valence-corrected chi connectivity index (χ2v) is 9.46. The number of fused-ring (bicyclic) bond motifs is 1. The van der Waals surface area contributed by atoms with Crippen molar-refractivity contribution in [2.45, 2.75) is 20.5 Å². The zero-order valence-corrected chi connectivity index (χ0v) is 22.3. The first-order valence-electron chi connectivity index (χ1n) is 12.9. The molecule has 0 saturated carbocycles. The number of nitrogens with one attached hydrogen (secondary N) is 1. The molecule has 0 aliphatic rings. The molecule has 40 heavy (non-hydrogen) atoms. The lowest BCUT2D eigenvalue weighted by Crippen LogP contribution is -2.17. The summed E-state index contributed by atoms with van der Waals surface area (Å²) in [5.41, 5.74) is 7.26. The van der Waals surface area contributed by atoms with Gasteiger partial charge in [-0.1, -0.05) is 77.9 Å². The minimum absolute atomic E-state index is 0.346. The Kier molecular flexibility index (Phi) is 7.97. The number of carbonyl (C=O) groups is 2. The molecule has 0 aromatic heterocycles. The zero-order valence-electron chi connectivity index (χ0n) is 22.3. The number of carbonyl (C=O) groups excluding carboxylic acids is 2. The van der Waals surface area contributed by atoms with Gasteiger partial charge in [0.25, 0.3) is 5.91 Å². The Hall–Kier alpha value is -5.23. The molecule has 0 aliphatic carbocycles. The Morgan fingerprint density at radius 3 is 2.33 bits per heavy atom. The largest absolute Gasteiger partial charge is 0.489 e. The second-order valence-electron chi connectivity index (χ2n) is 9.46. The average Bonchev–Trinajstić information content (AvgIpc) is 2.98. The summed E-state index contributed by atoms with van der Waals surface area (Å²) in [7, 11) is 0. The van der Waals surface area contributed by atoms with Crippen molar-refractivity contribution < 1.29 is 19.1 Å². The number of hydrogen-bond acceptors (Lipinski definition) is 5. The molecule has 6 nitrogen and oxygen atoms in total.